The molecule has 1 heterocycles. The molecule has 4 heteroatoms. The SMILES string of the molecule is COC(=O)CC(NC1CCC(C)CC1C)c1cccs1. The zero-order valence-corrected chi connectivity index (χ0v) is 13.4. The molecule has 20 heavy (non-hydrogen) atoms. The maximum atomic E-state index is 11.6. The topological polar surface area (TPSA) is 38.3 Å². The minimum atomic E-state index is -0.146. The summed E-state index contributed by atoms with van der Waals surface area (Å²) in [5, 5.41) is 5.77. The van der Waals surface area contributed by atoms with Crippen molar-refractivity contribution in [1.82, 2.24) is 5.32 Å². The normalized spacial score (nSPS) is 28.1. The maximum Gasteiger partial charge on any atom is 0.307 e. The summed E-state index contributed by atoms with van der Waals surface area (Å²) in [7, 11) is 1.46. The third-order valence-electron chi connectivity index (χ3n) is 4.33. The highest BCUT2D eigenvalue weighted by Crippen LogP contribution is 2.32. The lowest BCUT2D eigenvalue weighted by atomic mass is 9.79. The minimum absolute atomic E-state index is 0.0864. The molecule has 0 aliphatic heterocycles. The number of hydrogen-bond donors (Lipinski definition) is 1. The Morgan fingerprint density at radius 3 is 2.90 bits per heavy atom. The highest BCUT2D eigenvalue weighted by atomic mass is 32.1. The van der Waals surface area contributed by atoms with Crippen LogP contribution >= 0.6 is 11.3 Å². The van der Waals surface area contributed by atoms with Gasteiger partial charge >= 0.3 is 5.97 Å². The number of carbonyl (C=O) groups excluding carboxylic acids is 1. The second kappa shape index (κ2) is 7.23. The number of hydrogen-bond acceptors (Lipinski definition) is 4. The maximum absolute atomic E-state index is 11.6. The molecule has 112 valence electrons. The molecule has 1 aromatic heterocycles. The van der Waals surface area contributed by atoms with Crippen LogP contribution in [0, 0.1) is 11.8 Å². The molecular formula is C16H25NO2S. The molecule has 1 N–H and O–H groups in total. The summed E-state index contributed by atoms with van der Waals surface area (Å²) in [5.74, 6) is 1.34. The van der Waals surface area contributed by atoms with Crippen LogP contribution in [0.1, 0.15) is 50.4 Å². The summed E-state index contributed by atoms with van der Waals surface area (Å²) in [6.07, 6.45) is 4.16. The van der Waals surface area contributed by atoms with E-state index in [0.29, 0.717) is 18.4 Å². The Kier molecular flexibility index (Phi) is 5.61. The molecule has 1 aliphatic rings. The van der Waals surface area contributed by atoms with Crippen molar-refractivity contribution in [1.29, 1.82) is 0 Å². The number of thiophene rings is 1. The van der Waals surface area contributed by atoms with Gasteiger partial charge in [-0.15, -0.1) is 11.3 Å². The molecule has 2 rings (SSSR count). The van der Waals surface area contributed by atoms with Crippen molar-refractivity contribution in [3.05, 3.63) is 22.4 Å². The van der Waals surface area contributed by atoms with Gasteiger partial charge in [0.25, 0.3) is 0 Å². The molecule has 3 nitrogen and oxygen atoms in total. The van der Waals surface area contributed by atoms with Gasteiger partial charge in [-0.2, -0.15) is 0 Å². The van der Waals surface area contributed by atoms with Crippen LogP contribution in [0.15, 0.2) is 17.5 Å². The van der Waals surface area contributed by atoms with Gasteiger partial charge in [-0.05, 0) is 42.5 Å². The summed E-state index contributed by atoms with van der Waals surface area (Å²) in [5.41, 5.74) is 0. The first kappa shape index (κ1) is 15.5. The lowest BCUT2D eigenvalue weighted by Crippen LogP contribution is -2.41. The first-order chi connectivity index (χ1) is 9.60. The van der Waals surface area contributed by atoms with E-state index in [4.69, 9.17) is 4.74 Å². The van der Waals surface area contributed by atoms with E-state index >= 15 is 0 Å². The molecular weight excluding hydrogens is 270 g/mol. The zero-order chi connectivity index (χ0) is 14.5. The summed E-state index contributed by atoms with van der Waals surface area (Å²) < 4.78 is 4.84. The molecule has 4 unspecified atom stereocenters. The summed E-state index contributed by atoms with van der Waals surface area (Å²) in [4.78, 5) is 12.9. The molecule has 1 aromatic rings. The molecule has 0 spiro atoms. The first-order valence-electron chi connectivity index (χ1n) is 7.46. The minimum Gasteiger partial charge on any atom is -0.469 e. The van der Waals surface area contributed by atoms with Crippen LogP contribution in [0.5, 0.6) is 0 Å². The average molecular weight is 295 g/mol. The van der Waals surface area contributed by atoms with E-state index in [1.54, 1.807) is 11.3 Å². The molecule has 0 aromatic carbocycles. The zero-order valence-electron chi connectivity index (χ0n) is 12.6. The Bertz CT molecular complexity index is 418. The second-order valence-electron chi connectivity index (χ2n) is 6.02. The van der Waals surface area contributed by atoms with Crippen molar-refractivity contribution in [2.24, 2.45) is 11.8 Å². The van der Waals surface area contributed by atoms with Crippen LogP contribution in [0.3, 0.4) is 0 Å². The third-order valence-corrected chi connectivity index (χ3v) is 5.32. The highest BCUT2D eigenvalue weighted by molar-refractivity contribution is 7.10. The van der Waals surface area contributed by atoms with Crippen LogP contribution in [-0.4, -0.2) is 19.1 Å². The van der Waals surface area contributed by atoms with Gasteiger partial charge in [0, 0.05) is 10.9 Å². The van der Waals surface area contributed by atoms with Crippen molar-refractivity contribution < 1.29 is 9.53 Å². The Morgan fingerprint density at radius 2 is 2.30 bits per heavy atom. The van der Waals surface area contributed by atoms with Gasteiger partial charge in [-0.25, -0.2) is 0 Å². The van der Waals surface area contributed by atoms with Gasteiger partial charge in [0.1, 0.15) is 0 Å². The number of ether oxygens (including phenoxy) is 1. The lowest BCUT2D eigenvalue weighted by molar-refractivity contribution is -0.141. The summed E-state index contributed by atoms with van der Waals surface area (Å²) in [6.45, 7) is 4.65. The summed E-state index contributed by atoms with van der Waals surface area (Å²) >= 11 is 1.70. The van der Waals surface area contributed by atoms with Gasteiger partial charge in [-0.1, -0.05) is 19.9 Å². The average Bonchev–Trinajstić information content (AvgIpc) is 2.94. The van der Waals surface area contributed by atoms with E-state index in [-0.39, 0.29) is 12.0 Å². The van der Waals surface area contributed by atoms with E-state index in [1.807, 2.05) is 6.07 Å². The molecule has 1 aliphatic carbocycles. The van der Waals surface area contributed by atoms with E-state index in [0.717, 1.165) is 5.92 Å². The fourth-order valence-electron chi connectivity index (χ4n) is 3.15. The van der Waals surface area contributed by atoms with E-state index < -0.39 is 0 Å². The molecule has 0 radical (unpaired) electrons. The number of rotatable bonds is 5. The van der Waals surface area contributed by atoms with Crippen LogP contribution < -0.4 is 5.32 Å². The Hall–Kier alpha value is -0.870. The molecule has 0 saturated heterocycles. The van der Waals surface area contributed by atoms with Crippen LogP contribution in [0.2, 0.25) is 0 Å². The van der Waals surface area contributed by atoms with Gasteiger partial charge in [-0.3, -0.25) is 4.79 Å². The molecule has 0 amide bonds. The predicted octanol–water partition coefficient (Wildman–Crippen LogP) is 3.77. The highest BCUT2D eigenvalue weighted by Gasteiger charge is 2.28. The predicted molar refractivity (Wildman–Crippen MR) is 82.8 cm³/mol. The second-order valence-corrected chi connectivity index (χ2v) is 7.00. The van der Waals surface area contributed by atoms with Gasteiger partial charge in [0.2, 0.25) is 0 Å². The van der Waals surface area contributed by atoms with E-state index in [1.165, 1.54) is 31.2 Å². The van der Waals surface area contributed by atoms with Gasteiger partial charge in [0.05, 0.1) is 19.6 Å². The van der Waals surface area contributed by atoms with E-state index in [2.05, 4.69) is 30.6 Å². The number of methoxy groups -OCH3 is 1. The standard InChI is InChI=1S/C16H25NO2S/c1-11-6-7-13(12(2)9-11)17-14(10-16(18)19-3)15-5-4-8-20-15/h4-5,8,11-14,17H,6-7,9-10H2,1-3H3. The number of esters is 1. The molecule has 4 atom stereocenters. The first-order valence-corrected chi connectivity index (χ1v) is 8.34. The van der Waals surface area contributed by atoms with Crippen molar-refractivity contribution in [3.63, 3.8) is 0 Å². The molecule has 0 bridgehead atoms. The third kappa shape index (κ3) is 4.06. The largest absolute Gasteiger partial charge is 0.469 e. The van der Waals surface area contributed by atoms with Gasteiger partial charge < -0.3 is 10.1 Å². The van der Waals surface area contributed by atoms with Crippen molar-refractivity contribution >= 4 is 17.3 Å². The monoisotopic (exact) mass is 295 g/mol. The van der Waals surface area contributed by atoms with Crippen LogP contribution in [0.4, 0.5) is 0 Å². The van der Waals surface area contributed by atoms with Crippen LogP contribution in [-0.2, 0) is 9.53 Å². The fraction of sp³-hybridized carbons (Fsp3) is 0.688. The number of nitrogens with one attached hydrogen (secondary N) is 1. The lowest BCUT2D eigenvalue weighted by Gasteiger charge is -2.35. The Labute approximate surface area is 125 Å². The Balaban J connectivity index is 2.02. The Morgan fingerprint density at radius 1 is 1.50 bits per heavy atom. The van der Waals surface area contributed by atoms with Crippen molar-refractivity contribution in [2.75, 3.05) is 7.11 Å². The van der Waals surface area contributed by atoms with Crippen molar-refractivity contribution in [3.8, 4) is 0 Å². The molecule has 1 fully saturated rings. The quantitative estimate of drug-likeness (QED) is 0.840. The smallest absolute Gasteiger partial charge is 0.307 e. The van der Waals surface area contributed by atoms with Crippen molar-refractivity contribution in [2.45, 2.75) is 51.6 Å². The van der Waals surface area contributed by atoms with Gasteiger partial charge in [0.15, 0.2) is 0 Å². The van der Waals surface area contributed by atoms with Crippen LogP contribution in [0.25, 0.3) is 0 Å². The summed E-state index contributed by atoms with van der Waals surface area (Å²) in [6, 6.07) is 4.73. The number of carbonyl (C=O) groups is 1. The fourth-order valence-corrected chi connectivity index (χ4v) is 3.94. The molecule has 1 saturated carbocycles. The van der Waals surface area contributed by atoms with E-state index in [9.17, 15) is 4.79 Å².